The van der Waals surface area contributed by atoms with Crippen molar-refractivity contribution in [1.29, 1.82) is 0 Å². The highest BCUT2D eigenvalue weighted by atomic mass is 16.4. The van der Waals surface area contributed by atoms with Crippen LogP contribution >= 0.6 is 0 Å². The molecule has 0 unspecified atom stereocenters. The summed E-state index contributed by atoms with van der Waals surface area (Å²) < 4.78 is 9.96. The van der Waals surface area contributed by atoms with Gasteiger partial charge >= 0.3 is 0 Å². The standard InChI is InChI=1S/C6H5NO2/c7-6-3-5-4(9-6)1-2-8-5/h1-3H,7H2. The first-order valence-electron chi connectivity index (χ1n) is 2.59. The molecule has 0 saturated carbocycles. The Morgan fingerprint density at radius 1 is 1.33 bits per heavy atom. The van der Waals surface area contributed by atoms with Gasteiger partial charge in [0.05, 0.1) is 6.26 Å². The molecule has 0 amide bonds. The van der Waals surface area contributed by atoms with Crippen molar-refractivity contribution < 1.29 is 8.83 Å². The number of anilines is 1. The zero-order valence-corrected chi connectivity index (χ0v) is 4.63. The van der Waals surface area contributed by atoms with Crippen molar-refractivity contribution in [2.45, 2.75) is 0 Å². The van der Waals surface area contributed by atoms with Crippen molar-refractivity contribution in [3.63, 3.8) is 0 Å². The lowest BCUT2D eigenvalue weighted by molar-refractivity contribution is 0.613. The maximum absolute atomic E-state index is 5.31. The van der Waals surface area contributed by atoms with Gasteiger partial charge < -0.3 is 14.6 Å². The summed E-state index contributed by atoms with van der Waals surface area (Å²) in [5, 5.41) is 0. The number of rotatable bonds is 0. The van der Waals surface area contributed by atoms with Gasteiger partial charge in [-0.3, -0.25) is 0 Å². The van der Waals surface area contributed by atoms with Crippen LogP contribution in [0.4, 0.5) is 5.88 Å². The number of fused-ring (bicyclic) bond motifs is 1. The van der Waals surface area contributed by atoms with E-state index in [1.165, 1.54) is 0 Å². The van der Waals surface area contributed by atoms with Crippen LogP contribution in [0.1, 0.15) is 0 Å². The minimum absolute atomic E-state index is 0.393. The topological polar surface area (TPSA) is 52.3 Å². The molecule has 0 aromatic carbocycles. The van der Waals surface area contributed by atoms with Crippen LogP contribution in [-0.2, 0) is 0 Å². The summed E-state index contributed by atoms with van der Waals surface area (Å²) in [6, 6.07) is 3.38. The summed E-state index contributed by atoms with van der Waals surface area (Å²) in [6.45, 7) is 0. The maximum Gasteiger partial charge on any atom is 0.194 e. The molecule has 2 aromatic heterocycles. The largest absolute Gasteiger partial charge is 0.461 e. The van der Waals surface area contributed by atoms with Crippen molar-refractivity contribution in [2.24, 2.45) is 0 Å². The highest BCUT2D eigenvalue weighted by Gasteiger charge is 2.00. The van der Waals surface area contributed by atoms with E-state index in [4.69, 9.17) is 14.6 Å². The fourth-order valence-corrected chi connectivity index (χ4v) is 0.784. The smallest absolute Gasteiger partial charge is 0.194 e. The van der Waals surface area contributed by atoms with Crippen LogP contribution in [0.15, 0.2) is 27.2 Å². The highest BCUT2D eigenvalue weighted by Crippen LogP contribution is 2.20. The molecule has 0 spiro atoms. The monoisotopic (exact) mass is 123 g/mol. The third kappa shape index (κ3) is 0.512. The average Bonchev–Trinajstić information content (AvgIpc) is 2.22. The van der Waals surface area contributed by atoms with Gasteiger partial charge in [-0.25, -0.2) is 0 Å². The van der Waals surface area contributed by atoms with E-state index in [0.717, 1.165) is 0 Å². The Balaban J connectivity index is 2.92. The number of nitrogens with two attached hydrogens (primary N) is 1. The number of nitrogen functional groups attached to an aromatic ring is 1. The fourth-order valence-electron chi connectivity index (χ4n) is 0.784. The second-order valence-corrected chi connectivity index (χ2v) is 1.80. The molecular formula is C6H5NO2. The fraction of sp³-hybridized carbons (Fsp3) is 0. The quantitative estimate of drug-likeness (QED) is 0.578. The van der Waals surface area contributed by atoms with Gasteiger partial charge in [-0.1, -0.05) is 0 Å². The van der Waals surface area contributed by atoms with Crippen molar-refractivity contribution in [3.8, 4) is 0 Å². The van der Waals surface area contributed by atoms with Crippen LogP contribution in [0.2, 0.25) is 0 Å². The molecule has 2 aromatic rings. The Labute approximate surface area is 51.0 Å². The van der Waals surface area contributed by atoms with Crippen molar-refractivity contribution in [2.75, 3.05) is 5.73 Å². The zero-order valence-electron chi connectivity index (χ0n) is 4.63. The van der Waals surface area contributed by atoms with Crippen LogP contribution in [0.3, 0.4) is 0 Å². The molecule has 0 aliphatic rings. The minimum atomic E-state index is 0.393. The Morgan fingerprint density at radius 3 is 3.00 bits per heavy atom. The molecule has 46 valence electrons. The highest BCUT2D eigenvalue weighted by molar-refractivity contribution is 5.73. The molecule has 0 atom stereocenters. The van der Waals surface area contributed by atoms with Crippen LogP contribution in [0, 0.1) is 0 Å². The Bertz CT molecular complexity index is 292. The normalized spacial score (nSPS) is 10.7. The molecule has 0 aliphatic carbocycles. The molecular weight excluding hydrogens is 118 g/mol. The Kier molecular flexibility index (Phi) is 0.656. The lowest BCUT2D eigenvalue weighted by atomic mass is 10.5. The van der Waals surface area contributed by atoms with E-state index in [9.17, 15) is 0 Å². The van der Waals surface area contributed by atoms with Gasteiger partial charge in [0.1, 0.15) is 0 Å². The number of hydrogen-bond donors (Lipinski definition) is 1. The van der Waals surface area contributed by atoms with Crippen LogP contribution in [0.5, 0.6) is 0 Å². The van der Waals surface area contributed by atoms with Crippen LogP contribution in [-0.4, -0.2) is 0 Å². The van der Waals surface area contributed by atoms with E-state index in [0.29, 0.717) is 17.1 Å². The molecule has 2 N–H and O–H groups in total. The van der Waals surface area contributed by atoms with E-state index in [-0.39, 0.29) is 0 Å². The first-order valence-corrected chi connectivity index (χ1v) is 2.59. The molecule has 2 rings (SSSR count). The summed E-state index contributed by atoms with van der Waals surface area (Å²) in [4.78, 5) is 0. The van der Waals surface area contributed by atoms with Crippen LogP contribution in [0.25, 0.3) is 11.2 Å². The van der Waals surface area contributed by atoms with Gasteiger partial charge in [0, 0.05) is 12.1 Å². The van der Waals surface area contributed by atoms with Gasteiger partial charge in [-0.2, -0.15) is 0 Å². The molecule has 3 heteroatoms. The first-order chi connectivity index (χ1) is 4.36. The third-order valence-corrected chi connectivity index (χ3v) is 1.16. The molecule has 0 saturated heterocycles. The van der Waals surface area contributed by atoms with E-state index in [1.807, 2.05) is 0 Å². The third-order valence-electron chi connectivity index (χ3n) is 1.16. The van der Waals surface area contributed by atoms with Gasteiger partial charge in [0.2, 0.25) is 0 Å². The molecule has 0 fully saturated rings. The molecule has 2 heterocycles. The minimum Gasteiger partial charge on any atom is -0.461 e. The van der Waals surface area contributed by atoms with Gasteiger partial charge in [0.25, 0.3) is 0 Å². The average molecular weight is 123 g/mol. The predicted octanol–water partition coefficient (Wildman–Crippen LogP) is 1.61. The van der Waals surface area contributed by atoms with Crippen molar-refractivity contribution in [1.82, 2.24) is 0 Å². The summed E-state index contributed by atoms with van der Waals surface area (Å²) in [6.07, 6.45) is 1.56. The Morgan fingerprint density at radius 2 is 2.22 bits per heavy atom. The second kappa shape index (κ2) is 1.31. The van der Waals surface area contributed by atoms with E-state index >= 15 is 0 Å². The SMILES string of the molecule is Nc1cc2occc2o1. The van der Waals surface area contributed by atoms with Gasteiger partial charge in [-0.05, 0) is 0 Å². The molecule has 0 bridgehead atoms. The summed E-state index contributed by atoms with van der Waals surface area (Å²) in [5.74, 6) is 0.393. The Hall–Kier alpha value is -1.38. The maximum atomic E-state index is 5.31. The van der Waals surface area contributed by atoms with Gasteiger partial charge in [-0.15, -0.1) is 0 Å². The zero-order chi connectivity index (χ0) is 6.27. The van der Waals surface area contributed by atoms with Crippen molar-refractivity contribution >= 4 is 17.1 Å². The lowest BCUT2D eigenvalue weighted by Gasteiger charge is -1.73. The van der Waals surface area contributed by atoms with Crippen LogP contribution < -0.4 is 5.73 Å². The van der Waals surface area contributed by atoms with E-state index in [2.05, 4.69) is 0 Å². The van der Waals surface area contributed by atoms with E-state index < -0.39 is 0 Å². The van der Waals surface area contributed by atoms with E-state index in [1.54, 1.807) is 18.4 Å². The summed E-state index contributed by atoms with van der Waals surface area (Å²) >= 11 is 0. The molecule has 9 heavy (non-hydrogen) atoms. The summed E-state index contributed by atoms with van der Waals surface area (Å²) in [7, 11) is 0. The molecule has 3 nitrogen and oxygen atoms in total. The second-order valence-electron chi connectivity index (χ2n) is 1.80. The first kappa shape index (κ1) is 4.49. The predicted molar refractivity (Wildman–Crippen MR) is 32.9 cm³/mol. The lowest BCUT2D eigenvalue weighted by Crippen LogP contribution is -1.75. The number of hydrogen-bond acceptors (Lipinski definition) is 3. The van der Waals surface area contributed by atoms with Gasteiger partial charge in [0.15, 0.2) is 17.1 Å². The number of furan rings is 2. The molecule has 0 aliphatic heterocycles. The van der Waals surface area contributed by atoms with Crippen molar-refractivity contribution in [3.05, 3.63) is 18.4 Å². The molecule has 0 radical (unpaired) electrons. The summed E-state index contributed by atoms with van der Waals surface area (Å²) in [5.41, 5.74) is 6.71.